The Morgan fingerprint density at radius 2 is 1.96 bits per heavy atom. The van der Waals surface area contributed by atoms with Gasteiger partial charge in [-0.2, -0.15) is 27.1 Å². The minimum absolute atomic E-state index is 0.119. The van der Waals surface area contributed by atoms with Crippen LogP contribution in [-0.2, 0) is 23.4 Å². The SMILES string of the molecule is CC1CC=c2c(N)noc2=C1c1ccc(C#CC(C)(C)O)nc1[C@H](CC1C=C(F)C=C(F)C1C)NC(=O)Cn1nc(C(F)(F)F)c2c1C(F)(F)[C@@H]1C[C@H]21. The maximum atomic E-state index is 15.3. The fourth-order valence-electron chi connectivity index (χ4n) is 7.60. The zero-order chi connectivity index (χ0) is 38.4. The molecule has 4 aliphatic carbocycles. The van der Waals surface area contributed by atoms with Gasteiger partial charge in [-0.25, -0.2) is 13.8 Å². The predicted molar refractivity (Wildman–Crippen MR) is 177 cm³/mol. The number of nitrogens with zero attached hydrogens (tertiary/aromatic N) is 4. The monoisotopic (exact) mass is 744 g/mol. The Bertz CT molecular complexity index is 2270. The van der Waals surface area contributed by atoms with E-state index in [1.807, 2.05) is 13.0 Å². The minimum atomic E-state index is -5.04. The molecule has 0 saturated heterocycles. The van der Waals surface area contributed by atoms with Crippen molar-refractivity contribution in [1.82, 2.24) is 25.2 Å². The Kier molecular flexibility index (Phi) is 8.67. The smallest absolute Gasteiger partial charge is 0.380 e. The molecule has 16 heteroatoms. The molecule has 7 rings (SSSR count). The number of hydrogen-bond donors (Lipinski definition) is 3. The summed E-state index contributed by atoms with van der Waals surface area (Å²) in [6.45, 7) is 5.33. The second-order valence-electron chi connectivity index (χ2n) is 14.7. The van der Waals surface area contributed by atoms with Crippen LogP contribution in [0.5, 0.6) is 0 Å². The summed E-state index contributed by atoms with van der Waals surface area (Å²) in [4.78, 5) is 18.6. The van der Waals surface area contributed by atoms with E-state index in [1.165, 1.54) is 26.8 Å². The fourth-order valence-corrected chi connectivity index (χ4v) is 7.60. The molecule has 3 unspecified atom stereocenters. The number of nitrogens with one attached hydrogen (secondary N) is 1. The lowest BCUT2D eigenvalue weighted by atomic mass is 9.80. The number of halogens is 7. The molecule has 3 heterocycles. The van der Waals surface area contributed by atoms with Gasteiger partial charge < -0.3 is 20.7 Å². The molecular weight excluding hydrogens is 709 g/mol. The molecule has 0 radical (unpaired) electrons. The summed E-state index contributed by atoms with van der Waals surface area (Å²) >= 11 is 0. The van der Waals surface area contributed by atoms with Gasteiger partial charge in [0.15, 0.2) is 16.9 Å². The third-order valence-corrected chi connectivity index (χ3v) is 10.3. The van der Waals surface area contributed by atoms with Gasteiger partial charge in [0.1, 0.15) is 35.2 Å². The fraction of sp³-hybridized carbons (Fsp3) is 0.459. The highest BCUT2D eigenvalue weighted by molar-refractivity contribution is 5.77. The lowest BCUT2D eigenvalue weighted by molar-refractivity contribution is -0.142. The van der Waals surface area contributed by atoms with Crippen LogP contribution in [0.1, 0.15) is 92.8 Å². The summed E-state index contributed by atoms with van der Waals surface area (Å²) in [5.74, 6) is -4.94. The van der Waals surface area contributed by atoms with E-state index in [0.29, 0.717) is 32.9 Å². The van der Waals surface area contributed by atoms with E-state index in [4.69, 9.17) is 15.2 Å². The summed E-state index contributed by atoms with van der Waals surface area (Å²) in [6, 6.07) is 2.00. The van der Waals surface area contributed by atoms with Gasteiger partial charge in [0.05, 0.1) is 17.0 Å². The summed E-state index contributed by atoms with van der Waals surface area (Å²) in [6.07, 6.45) is -1.05. The molecule has 0 bridgehead atoms. The van der Waals surface area contributed by atoms with Crippen molar-refractivity contribution in [2.24, 2.45) is 23.7 Å². The van der Waals surface area contributed by atoms with Crippen LogP contribution in [0.15, 0.2) is 40.5 Å². The van der Waals surface area contributed by atoms with Crippen LogP contribution in [0.2, 0.25) is 0 Å². The highest BCUT2D eigenvalue weighted by Crippen LogP contribution is 2.68. The summed E-state index contributed by atoms with van der Waals surface area (Å²) < 4.78 is 108. The lowest BCUT2D eigenvalue weighted by Gasteiger charge is -2.30. The second kappa shape index (κ2) is 12.6. The molecule has 0 aliphatic heterocycles. The average molecular weight is 745 g/mol. The van der Waals surface area contributed by atoms with Gasteiger partial charge in [0.2, 0.25) is 5.91 Å². The van der Waals surface area contributed by atoms with Gasteiger partial charge in [0, 0.05) is 34.6 Å². The standard InChI is InChI=1S/C37H35F7N6O3/c1-16-5-7-22-31(53-49-34(22)45)28(16)21-8-6-20(9-10-35(3,4)52)46-30(21)26(12-18-11-19(38)13-25(39)17(18)2)47-27(51)15-50-33-29(32(48-50)37(42,43)44)23-14-24(23)36(33,40)41/h6-8,11,13,16-18,23-24,26,52H,5,12,14-15H2,1-4H3,(H2,45,49)(H,47,51)/t16?,17?,18?,23-,24+,26-/m0/s1. The number of alkyl halides is 5. The zero-order valence-corrected chi connectivity index (χ0v) is 29.0. The number of carbonyl (C=O) groups is 1. The number of allylic oxidation sites excluding steroid dienone is 4. The van der Waals surface area contributed by atoms with Gasteiger partial charge in [-0.3, -0.25) is 9.48 Å². The molecule has 3 aromatic rings. The molecule has 280 valence electrons. The number of amides is 1. The van der Waals surface area contributed by atoms with Crippen LogP contribution >= 0.6 is 0 Å². The quantitative estimate of drug-likeness (QED) is 0.217. The number of anilines is 1. The summed E-state index contributed by atoms with van der Waals surface area (Å²) in [7, 11) is 0. The number of aromatic nitrogens is 4. The van der Waals surface area contributed by atoms with Gasteiger partial charge >= 0.3 is 6.18 Å². The summed E-state index contributed by atoms with van der Waals surface area (Å²) in [5, 5.41) is 20.9. The molecule has 3 aromatic heterocycles. The highest BCUT2D eigenvalue weighted by Gasteiger charge is 2.68. The van der Waals surface area contributed by atoms with Crippen molar-refractivity contribution in [3.8, 4) is 11.8 Å². The maximum absolute atomic E-state index is 15.3. The number of pyridine rings is 1. The normalized spacial score (nSPS) is 24.8. The van der Waals surface area contributed by atoms with E-state index in [-0.39, 0.29) is 36.0 Å². The number of nitrogens with two attached hydrogens (primary N) is 1. The van der Waals surface area contributed by atoms with Crippen LogP contribution in [0.3, 0.4) is 0 Å². The van der Waals surface area contributed by atoms with Crippen LogP contribution in [-0.4, -0.2) is 36.5 Å². The van der Waals surface area contributed by atoms with E-state index < -0.39 is 88.5 Å². The number of aliphatic hydroxyl groups is 1. The zero-order valence-electron chi connectivity index (χ0n) is 29.0. The Morgan fingerprint density at radius 3 is 2.66 bits per heavy atom. The van der Waals surface area contributed by atoms with Crippen molar-refractivity contribution in [1.29, 1.82) is 0 Å². The number of rotatable bonds is 7. The topological polar surface area (TPSA) is 132 Å². The first-order valence-electron chi connectivity index (χ1n) is 17.1. The lowest BCUT2D eigenvalue weighted by Crippen LogP contribution is -2.37. The number of nitrogen functional groups attached to an aromatic ring is 1. The van der Waals surface area contributed by atoms with Crippen LogP contribution in [0.4, 0.5) is 36.6 Å². The molecule has 0 spiro atoms. The number of fused-ring (bicyclic) bond motifs is 4. The minimum Gasteiger partial charge on any atom is -0.380 e. The molecule has 4 aliphatic rings. The van der Waals surface area contributed by atoms with E-state index in [1.54, 1.807) is 12.1 Å². The van der Waals surface area contributed by atoms with Gasteiger partial charge in [-0.1, -0.05) is 31.0 Å². The van der Waals surface area contributed by atoms with Gasteiger partial charge in [-0.15, -0.1) is 0 Å². The molecule has 0 aromatic carbocycles. The van der Waals surface area contributed by atoms with Crippen LogP contribution in [0.25, 0.3) is 11.6 Å². The van der Waals surface area contributed by atoms with E-state index in [0.717, 1.165) is 6.08 Å². The largest absolute Gasteiger partial charge is 0.435 e. The first-order valence-corrected chi connectivity index (χ1v) is 17.1. The predicted octanol–water partition coefficient (Wildman–Crippen LogP) is 5.44. The highest BCUT2D eigenvalue weighted by atomic mass is 19.4. The average Bonchev–Trinajstić information content (AvgIpc) is 3.56. The molecule has 4 N–H and O–H groups in total. The molecule has 1 amide bonds. The molecule has 6 atom stereocenters. The van der Waals surface area contributed by atoms with Crippen LogP contribution < -0.4 is 21.7 Å². The molecular formula is C37H35F7N6O3. The van der Waals surface area contributed by atoms with Crippen molar-refractivity contribution < 1.29 is 45.2 Å². The second-order valence-corrected chi connectivity index (χ2v) is 14.7. The first kappa shape index (κ1) is 36.4. The van der Waals surface area contributed by atoms with E-state index in [9.17, 15) is 31.9 Å². The number of carbonyl (C=O) groups excluding carboxylic acids is 1. The molecule has 1 fully saturated rings. The van der Waals surface area contributed by atoms with Crippen molar-refractivity contribution in [3.05, 3.63) is 80.5 Å². The Balaban J connectivity index is 1.36. The summed E-state index contributed by atoms with van der Waals surface area (Å²) in [5.41, 5.74) is 3.24. The van der Waals surface area contributed by atoms with Crippen molar-refractivity contribution in [2.75, 3.05) is 5.73 Å². The Labute approximate surface area is 298 Å². The van der Waals surface area contributed by atoms with Gasteiger partial charge in [0.25, 0.3) is 5.92 Å². The van der Waals surface area contributed by atoms with E-state index in [2.05, 4.69) is 27.4 Å². The van der Waals surface area contributed by atoms with Crippen molar-refractivity contribution >= 4 is 23.4 Å². The van der Waals surface area contributed by atoms with Crippen molar-refractivity contribution in [2.45, 2.75) is 83.2 Å². The third-order valence-electron chi connectivity index (χ3n) is 10.3. The Hall–Kier alpha value is -4.91. The van der Waals surface area contributed by atoms with Crippen LogP contribution in [0, 0.1) is 35.5 Å². The van der Waals surface area contributed by atoms with Crippen molar-refractivity contribution in [3.63, 3.8) is 0 Å². The molecule has 53 heavy (non-hydrogen) atoms. The molecule has 9 nitrogen and oxygen atoms in total. The maximum Gasteiger partial charge on any atom is 0.435 e. The van der Waals surface area contributed by atoms with Gasteiger partial charge in [-0.05, 0) is 75.0 Å². The Morgan fingerprint density at radius 1 is 1.23 bits per heavy atom. The number of hydrogen-bond acceptors (Lipinski definition) is 7. The first-order chi connectivity index (χ1) is 24.7. The third kappa shape index (κ3) is 6.64. The molecule has 1 saturated carbocycles. The van der Waals surface area contributed by atoms with E-state index >= 15 is 8.78 Å².